The molecule has 0 saturated carbocycles. The van der Waals surface area contributed by atoms with Crippen molar-refractivity contribution in [2.45, 2.75) is 58.7 Å². The zero-order chi connectivity index (χ0) is 16.8. The lowest BCUT2D eigenvalue weighted by Gasteiger charge is -2.32. The maximum absolute atomic E-state index is 14.6. The Labute approximate surface area is 138 Å². The first-order valence-corrected chi connectivity index (χ1v) is 8.46. The number of nitrogens with zero attached hydrogens (tertiary/aromatic N) is 2. The van der Waals surface area contributed by atoms with Crippen molar-refractivity contribution in [3.8, 4) is 0 Å². The fraction of sp³-hybridized carbons (Fsp3) is 0.706. The van der Waals surface area contributed by atoms with E-state index in [1.165, 1.54) is 6.07 Å². The average Bonchev–Trinajstić information content (AvgIpc) is 2.68. The summed E-state index contributed by atoms with van der Waals surface area (Å²) >= 11 is 0. The van der Waals surface area contributed by atoms with Gasteiger partial charge in [0.15, 0.2) is 0 Å². The molecule has 126 valence electrons. The highest BCUT2D eigenvalue weighted by Gasteiger charge is 2.52. The van der Waals surface area contributed by atoms with Gasteiger partial charge in [0.05, 0.1) is 11.2 Å². The van der Waals surface area contributed by atoms with Crippen molar-refractivity contribution >= 4 is 18.4 Å². The van der Waals surface area contributed by atoms with Gasteiger partial charge in [-0.15, -0.1) is 0 Å². The SMILES string of the molecule is CC1CCN(c2cc(F)c(B3OC(C)(C)C(C)(C)O3)cn2)CC1. The van der Waals surface area contributed by atoms with Crippen molar-refractivity contribution in [2.75, 3.05) is 18.0 Å². The van der Waals surface area contributed by atoms with Gasteiger partial charge in [0, 0.05) is 30.8 Å². The average molecular weight is 320 g/mol. The van der Waals surface area contributed by atoms with E-state index in [1.54, 1.807) is 6.20 Å². The molecular formula is C17H26BFN2O2. The molecule has 3 rings (SSSR count). The molecule has 2 aliphatic rings. The Kier molecular flexibility index (Phi) is 4.17. The van der Waals surface area contributed by atoms with Crippen LogP contribution in [0.2, 0.25) is 0 Å². The standard InChI is InChI=1S/C17H26BFN2O2/c1-12-6-8-21(9-7-12)15-10-14(19)13(11-20-15)18-22-16(2,3)17(4,5)23-18/h10-12H,6-9H2,1-5H3. The van der Waals surface area contributed by atoms with Gasteiger partial charge >= 0.3 is 7.12 Å². The fourth-order valence-electron chi connectivity index (χ4n) is 2.99. The Bertz CT molecular complexity index is 570. The minimum atomic E-state index is -0.706. The molecule has 2 aliphatic heterocycles. The Morgan fingerprint density at radius 3 is 2.26 bits per heavy atom. The second kappa shape index (κ2) is 5.74. The first-order chi connectivity index (χ1) is 10.7. The number of aromatic nitrogens is 1. The zero-order valence-corrected chi connectivity index (χ0v) is 14.7. The Morgan fingerprint density at radius 1 is 1.17 bits per heavy atom. The quantitative estimate of drug-likeness (QED) is 0.785. The molecule has 0 amide bonds. The van der Waals surface area contributed by atoms with E-state index in [0.29, 0.717) is 11.3 Å². The van der Waals surface area contributed by atoms with Crippen molar-refractivity contribution < 1.29 is 13.7 Å². The van der Waals surface area contributed by atoms with Gasteiger partial charge in [0.1, 0.15) is 11.6 Å². The number of anilines is 1. The number of pyridine rings is 1. The molecule has 1 aromatic heterocycles. The summed E-state index contributed by atoms with van der Waals surface area (Å²) in [5.41, 5.74) is -0.588. The lowest BCUT2D eigenvalue weighted by molar-refractivity contribution is 0.00578. The molecule has 2 saturated heterocycles. The predicted molar refractivity (Wildman–Crippen MR) is 90.5 cm³/mol. The summed E-state index contributed by atoms with van der Waals surface area (Å²) in [7, 11) is -0.706. The smallest absolute Gasteiger partial charge is 0.399 e. The molecule has 0 radical (unpaired) electrons. The second-order valence-electron chi connectivity index (χ2n) is 7.82. The van der Waals surface area contributed by atoms with Gasteiger partial charge in [-0.3, -0.25) is 0 Å². The Hall–Kier alpha value is -1.14. The van der Waals surface area contributed by atoms with Crippen LogP contribution >= 0.6 is 0 Å². The third-order valence-corrected chi connectivity index (χ3v) is 5.48. The van der Waals surface area contributed by atoms with E-state index < -0.39 is 18.3 Å². The number of rotatable bonds is 2. The van der Waals surface area contributed by atoms with Gasteiger partial charge in [0.2, 0.25) is 0 Å². The first-order valence-electron chi connectivity index (χ1n) is 8.46. The van der Waals surface area contributed by atoms with E-state index in [9.17, 15) is 4.39 Å². The van der Waals surface area contributed by atoms with E-state index in [-0.39, 0.29) is 5.82 Å². The number of hydrogen-bond donors (Lipinski definition) is 0. The molecule has 1 aromatic rings. The lowest BCUT2D eigenvalue weighted by Crippen LogP contribution is -2.41. The molecule has 2 fully saturated rings. The lowest BCUT2D eigenvalue weighted by atomic mass is 9.80. The van der Waals surface area contributed by atoms with Crippen LogP contribution in [0.4, 0.5) is 10.2 Å². The summed E-state index contributed by atoms with van der Waals surface area (Å²) in [6, 6.07) is 1.51. The van der Waals surface area contributed by atoms with E-state index in [0.717, 1.165) is 31.8 Å². The second-order valence-corrected chi connectivity index (χ2v) is 7.82. The molecule has 0 aliphatic carbocycles. The van der Waals surface area contributed by atoms with Gasteiger partial charge in [-0.05, 0) is 46.5 Å². The Morgan fingerprint density at radius 2 is 1.74 bits per heavy atom. The third-order valence-electron chi connectivity index (χ3n) is 5.48. The molecule has 0 spiro atoms. The maximum atomic E-state index is 14.6. The molecule has 4 nitrogen and oxygen atoms in total. The maximum Gasteiger partial charge on any atom is 0.499 e. The summed E-state index contributed by atoms with van der Waals surface area (Å²) < 4.78 is 26.4. The van der Waals surface area contributed by atoms with Crippen LogP contribution in [0.3, 0.4) is 0 Å². The van der Waals surface area contributed by atoms with Crippen LogP contribution in [0.15, 0.2) is 12.3 Å². The van der Waals surface area contributed by atoms with Crippen molar-refractivity contribution in [3.63, 3.8) is 0 Å². The summed E-state index contributed by atoms with van der Waals surface area (Å²) in [4.78, 5) is 6.60. The highest BCUT2D eigenvalue weighted by Crippen LogP contribution is 2.36. The highest BCUT2D eigenvalue weighted by molar-refractivity contribution is 6.62. The monoisotopic (exact) mass is 320 g/mol. The van der Waals surface area contributed by atoms with Crippen LogP contribution in [0.5, 0.6) is 0 Å². The van der Waals surface area contributed by atoms with E-state index >= 15 is 0 Å². The minimum absolute atomic E-state index is 0.313. The summed E-state index contributed by atoms with van der Waals surface area (Å²) in [6.45, 7) is 12.0. The van der Waals surface area contributed by atoms with E-state index in [1.807, 2.05) is 27.7 Å². The highest BCUT2D eigenvalue weighted by atomic mass is 19.1. The third kappa shape index (κ3) is 3.11. The Balaban J connectivity index is 1.78. The topological polar surface area (TPSA) is 34.6 Å². The fourth-order valence-corrected chi connectivity index (χ4v) is 2.99. The molecule has 0 atom stereocenters. The summed E-state index contributed by atoms with van der Waals surface area (Å²) in [5.74, 6) is 1.13. The van der Waals surface area contributed by atoms with Crippen molar-refractivity contribution in [3.05, 3.63) is 18.1 Å². The molecule has 3 heterocycles. The normalized spacial score (nSPS) is 24.3. The van der Waals surface area contributed by atoms with Crippen molar-refractivity contribution in [1.82, 2.24) is 4.98 Å². The van der Waals surface area contributed by atoms with Crippen LogP contribution in [-0.4, -0.2) is 36.4 Å². The molecule has 23 heavy (non-hydrogen) atoms. The summed E-state index contributed by atoms with van der Waals surface area (Å²) in [6.07, 6.45) is 3.81. The van der Waals surface area contributed by atoms with Gasteiger partial charge in [-0.2, -0.15) is 0 Å². The van der Waals surface area contributed by atoms with E-state index in [4.69, 9.17) is 9.31 Å². The summed E-state index contributed by atoms with van der Waals surface area (Å²) in [5, 5.41) is 0. The van der Waals surface area contributed by atoms with Crippen LogP contribution in [0, 0.1) is 11.7 Å². The molecule has 6 heteroatoms. The number of halogens is 1. The van der Waals surface area contributed by atoms with Crippen molar-refractivity contribution in [1.29, 1.82) is 0 Å². The van der Waals surface area contributed by atoms with Crippen LogP contribution in [0.1, 0.15) is 47.5 Å². The number of hydrogen-bond acceptors (Lipinski definition) is 4. The van der Waals surface area contributed by atoms with Crippen molar-refractivity contribution in [2.24, 2.45) is 5.92 Å². The molecule has 0 aromatic carbocycles. The van der Waals surface area contributed by atoms with Crippen LogP contribution < -0.4 is 10.4 Å². The van der Waals surface area contributed by atoms with Gasteiger partial charge in [-0.25, -0.2) is 9.37 Å². The molecule has 0 N–H and O–H groups in total. The van der Waals surface area contributed by atoms with Gasteiger partial charge in [0.25, 0.3) is 0 Å². The largest absolute Gasteiger partial charge is 0.499 e. The molecular weight excluding hydrogens is 294 g/mol. The van der Waals surface area contributed by atoms with Crippen LogP contribution in [-0.2, 0) is 9.31 Å². The predicted octanol–water partition coefficient (Wildman–Crippen LogP) is 2.76. The molecule has 0 bridgehead atoms. The van der Waals surface area contributed by atoms with Gasteiger partial charge in [-0.1, -0.05) is 6.92 Å². The first kappa shape index (κ1) is 16.7. The zero-order valence-electron chi connectivity index (χ0n) is 14.7. The van der Waals surface area contributed by atoms with E-state index in [2.05, 4.69) is 16.8 Å². The molecule has 0 unspecified atom stereocenters. The van der Waals surface area contributed by atoms with Crippen LogP contribution in [0.25, 0.3) is 0 Å². The van der Waals surface area contributed by atoms with Gasteiger partial charge < -0.3 is 14.2 Å². The number of piperidine rings is 1. The minimum Gasteiger partial charge on any atom is -0.399 e.